The molecule has 0 amide bonds. The Morgan fingerprint density at radius 2 is 1.25 bits per heavy atom. The fourth-order valence-corrected chi connectivity index (χ4v) is 5.66. The van der Waals surface area contributed by atoms with E-state index in [-0.39, 0.29) is 0 Å². The minimum atomic E-state index is -0.499. The predicted octanol–water partition coefficient (Wildman–Crippen LogP) is 1.96. The van der Waals surface area contributed by atoms with Crippen molar-refractivity contribution < 1.29 is 23.3 Å². The third-order valence-electron chi connectivity index (χ3n) is 2.61. The van der Waals surface area contributed by atoms with Crippen LogP contribution in [0.15, 0.2) is 48.5 Å². The molecule has 0 aromatic heterocycles. The van der Waals surface area contributed by atoms with Gasteiger partial charge in [-0.2, -0.15) is 0 Å². The van der Waals surface area contributed by atoms with Crippen molar-refractivity contribution >= 4 is 15.8 Å². The van der Waals surface area contributed by atoms with E-state index < -0.39 is 5.43 Å². The summed E-state index contributed by atoms with van der Waals surface area (Å²) in [6.45, 7) is 4.34. The molecule has 76 valence electrons. The van der Waals surface area contributed by atoms with E-state index in [1.165, 1.54) is 21.5 Å². The average Bonchev–Trinajstić information content (AvgIpc) is 2.28. The molecule has 0 unspecified atom stereocenters. The van der Waals surface area contributed by atoms with Gasteiger partial charge in [0.2, 0.25) is 0 Å². The number of hydrogen-bond acceptors (Lipinski definition) is 0. The van der Waals surface area contributed by atoms with Crippen LogP contribution in [0.25, 0.3) is 0 Å². The molecule has 0 radical (unpaired) electrons. The third-order valence-corrected chi connectivity index (χ3v) is 8.65. The maximum atomic E-state index is 2.34. The van der Waals surface area contributed by atoms with Crippen LogP contribution in [-0.4, -0.2) is 5.43 Å². The zero-order chi connectivity index (χ0) is 11.5. The summed E-state index contributed by atoms with van der Waals surface area (Å²) in [4.78, 5) is 0. The molecule has 2 rings (SSSR count). The second-order valence-corrected chi connectivity index (χ2v) is 9.71. The van der Waals surface area contributed by atoms with Crippen molar-refractivity contribution in [2.45, 2.75) is 13.8 Å². The molecular formula is C14H14SiZr+2. The van der Waals surface area contributed by atoms with Crippen molar-refractivity contribution in [1.82, 2.24) is 0 Å². The van der Waals surface area contributed by atoms with E-state index in [0.717, 1.165) is 0 Å². The quantitative estimate of drug-likeness (QED) is 0.744. The van der Waals surface area contributed by atoms with Gasteiger partial charge in [-0.3, -0.25) is 0 Å². The minimum absolute atomic E-state index is 0.499. The van der Waals surface area contributed by atoms with Crippen molar-refractivity contribution in [2.75, 3.05) is 0 Å². The first-order valence-electron chi connectivity index (χ1n) is 5.39. The summed E-state index contributed by atoms with van der Waals surface area (Å²) >= 11 is 1.65. The Morgan fingerprint density at radius 3 is 1.62 bits per heavy atom. The van der Waals surface area contributed by atoms with E-state index in [4.69, 9.17) is 0 Å². The number of benzene rings is 2. The van der Waals surface area contributed by atoms with Crippen LogP contribution in [0.3, 0.4) is 0 Å². The van der Waals surface area contributed by atoms with Crippen molar-refractivity contribution in [3.8, 4) is 0 Å². The van der Waals surface area contributed by atoms with Crippen LogP contribution in [-0.2, 0) is 23.3 Å². The normalized spacial score (nSPS) is 10.2. The summed E-state index contributed by atoms with van der Waals surface area (Å²) in [5.41, 5.74) is 2.24. The second-order valence-electron chi connectivity index (χ2n) is 4.11. The Morgan fingerprint density at radius 1 is 0.812 bits per heavy atom. The molecule has 0 nitrogen and oxygen atoms in total. The summed E-state index contributed by atoms with van der Waals surface area (Å²) in [5, 5.41) is 3.07. The van der Waals surface area contributed by atoms with Crippen LogP contribution in [0.2, 0.25) is 0 Å². The van der Waals surface area contributed by atoms with Crippen molar-refractivity contribution in [1.29, 1.82) is 0 Å². The van der Waals surface area contributed by atoms with E-state index in [1.807, 2.05) is 0 Å². The van der Waals surface area contributed by atoms with Crippen molar-refractivity contribution in [2.24, 2.45) is 0 Å². The summed E-state index contributed by atoms with van der Waals surface area (Å²) in [7, 11) is 0. The van der Waals surface area contributed by atoms with Gasteiger partial charge in [-0.05, 0) is 0 Å². The van der Waals surface area contributed by atoms with Crippen molar-refractivity contribution in [3.05, 3.63) is 59.7 Å². The van der Waals surface area contributed by atoms with Gasteiger partial charge in [-0.1, -0.05) is 0 Å². The molecule has 0 N–H and O–H groups in total. The Labute approximate surface area is 112 Å². The molecule has 2 aromatic rings. The zero-order valence-electron chi connectivity index (χ0n) is 9.62. The number of hydrogen-bond donors (Lipinski definition) is 0. The standard InChI is InChI=1S/C14H14Si.Zr/c1-11-5-3-7-13(9-11)15-14-8-4-6-12(2)10-14;/h3-10H,1-2H3;/q;+2. The molecule has 0 atom stereocenters. The van der Waals surface area contributed by atoms with Gasteiger partial charge < -0.3 is 0 Å². The molecule has 0 aliphatic rings. The molecule has 0 aliphatic carbocycles. The summed E-state index contributed by atoms with van der Waals surface area (Å²) < 4.78 is 0. The molecule has 16 heavy (non-hydrogen) atoms. The second kappa shape index (κ2) is 5.25. The molecule has 0 fully saturated rings. The van der Waals surface area contributed by atoms with Crippen LogP contribution in [0, 0.1) is 13.8 Å². The fraction of sp³-hybridized carbons (Fsp3) is 0.143. The summed E-state index contributed by atoms with van der Waals surface area (Å²) in [5.74, 6) is 0. The van der Waals surface area contributed by atoms with E-state index in [1.54, 1.807) is 23.3 Å². The van der Waals surface area contributed by atoms with Gasteiger partial charge in [0.15, 0.2) is 0 Å². The van der Waals surface area contributed by atoms with Crippen LogP contribution in [0.5, 0.6) is 0 Å². The van der Waals surface area contributed by atoms with Gasteiger partial charge in [0.1, 0.15) is 0 Å². The first kappa shape index (κ1) is 12.0. The molecule has 2 aromatic carbocycles. The maximum absolute atomic E-state index is 2.34. The summed E-state index contributed by atoms with van der Waals surface area (Å²) in [6.07, 6.45) is 0. The fourth-order valence-electron chi connectivity index (χ4n) is 1.77. The molecule has 0 spiro atoms. The predicted molar refractivity (Wildman–Crippen MR) is 67.4 cm³/mol. The third kappa shape index (κ3) is 2.81. The Hall–Kier alpha value is -0.460. The molecule has 0 saturated carbocycles. The molecule has 0 aliphatic heterocycles. The van der Waals surface area contributed by atoms with E-state index in [2.05, 4.69) is 62.4 Å². The van der Waals surface area contributed by atoms with E-state index >= 15 is 0 Å². The number of aryl methyl sites for hydroxylation is 2. The topological polar surface area (TPSA) is 0 Å². The van der Waals surface area contributed by atoms with Crippen molar-refractivity contribution in [3.63, 3.8) is 0 Å². The molecule has 0 heterocycles. The SMILES string of the molecule is Cc1cccc([Si](=[Zr+2])c2cccc(C)c2)c1. The molecular weight excluding hydrogens is 287 g/mol. The van der Waals surface area contributed by atoms with Crippen LogP contribution < -0.4 is 10.4 Å². The first-order valence-corrected chi connectivity index (χ1v) is 10.6. The van der Waals surface area contributed by atoms with Gasteiger partial charge in [0, 0.05) is 0 Å². The summed E-state index contributed by atoms with van der Waals surface area (Å²) in [6, 6.07) is 17.9. The zero-order valence-corrected chi connectivity index (χ0v) is 13.1. The van der Waals surface area contributed by atoms with Gasteiger partial charge in [0.05, 0.1) is 0 Å². The first-order chi connectivity index (χ1) is 7.66. The average molecular weight is 302 g/mol. The van der Waals surface area contributed by atoms with Gasteiger partial charge in [-0.15, -0.1) is 0 Å². The van der Waals surface area contributed by atoms with Crippen LogP contribution >= 0.6 is 0 Å². The Kier molecular flexibility index (Phi) is 3.94. The van der Waals surface area contributed by atoms with Crippen LogP contribution in [0.4, 0.5) is 0 Å². The van der Waals surface area contributed by atoms with E-state index in [9.17, 15) is 0 Å². The van der Waals surface area contributed by atoms with Crippen LogP contribution in [0.1, 0.15) is 11.1 Å². The Balaban J connectivity index is 2.39. The molecule has 0 bridgehead atoms. The Bertz CT molecular complexity index is 484. The number of rotatable bonds is 2. The van der Waals surface area contributed by atoms with E-state index in [0.29, 0.717) is 0 Å². The van der Waals surface area contributed by atoms with Gasteiger partial charge >= 0.3 is 113 Å². The molecule has 0 saturated heterocycles. The van der Waals surface area contributed by atoms with Gasteiger partial charge in [0.25, 0.3) is 0 Å². The monoisotopic (exact) mass is 300 g/mol. The molecule has 2 heteroatoms. The van der Waals surface area contributed by atoms with Gasteiger partial charge in [-0.25, -0.2) is 0 Å².